The highest BCUT2D eigenvalue weighted by atomic mass is 15.1. The van der Waals surface area contributed by atoms with Gasteiger partial charge in [-0.3, -0.25) is 0 Å². The summed E-state index contributed by atoms with van der Waals surface area (Å²) in [5.41, 5.74) is 2.95. The van der Waals surface area contributed by atoms with Gasteiger partial charge in [-0.2, -0.15) is 0 Å². The van der Waals surface area contributed by atoms with E-state index in [9.17, 15) is 0 Å². The molecule has 1 aliphatic heterocycles. The smallest absolute Gasteiger partial charge is 0.0399 e. The van der Waals surface area contributed by atoms with Crippen molar-refractivity contribution < 1.29 is 0 Å². The van der Waals surface area contributed by atoms with E-state index in [1.807, 2.05) is 0 Å². The Balaban J connectivity index is 2.09. The van der Waals surface area contributed by atoms with Crippen LogP contribution >= 0.6 is 0 Å². The van der Waals surface area contributed by atoms with Gasteiger partial charge in [-0.15, -0.1) is 0 Å². The van der Waals surface area contributed by atoms with Crippen molar-refractivity contribution >= 4 is 5.69 Å². The summed E-state index contributed by atoms with van der Waals surface area (Å²) in [4.78, 5) is 2.47. The van der Waals surface area contributed by atoms with Crippen molar-refractivity contribution in [2.45, 2.75) is 19.3 Å². The maximum atomic E-state index is 3.88. The second kappa shape index (κ2) is 3.82. The Labute approximate surface area is 80.4 Å². The fraction of sp³-hybridized carbons (Fsp3) is 0.417. The van der Waals surface area contributed by atoms with Crippen LogP contribution in [0, 0.1) is 6.92 Å². The van der Waals surface area contributed by atoms with E-state index >= 15 is 0 Å². The molecule has 0 saturated carbocycles. The van der Waals surface area contributed by atoms with Crippen LogP contribution in [0.15, 0.2) is 24.3 Å². The molecular formula is C12H16N. The van der Waals surface area contributed by atoms with Gasteiger partial charge in [0.1, 0.15) is 0 Å². The zero-order valence-corrected chi connectivity index (χ0v) is 8.00. The lowest BCUT2D eigenvalue weighted by Gasteiger charge is -2.18. The minimum atomic E-state index is 1.04. The second-order valence-corrected chi connectivity index (χ2v) is 3.57. The third kappa shape index (κ3) is 1.69. The van der Waals surface area contributed by atoms with Crippen LogP contribution in [-0.4, -0.2) is 13.1 Å². The van der Waals surface area contributed by atoms with Crippen molar-refractivity contribution in [1.29, 1.82) is 0 Å². The summed E-state index contributed by atoms with van der Waals surface area (Å²) >= 11 is 0. The molecule has 1 nitrogen and oxygen atoms in total. The van der Waals surface area contributed by atoms with E-state index in [0.717, 1.165) is 6.42 Å². The van der Waals surface area contributed by atoms with Crippen LogP contribution in [0.25, 0.3) is 0 Å². The van der Waals surface area contributed by atoms with Crippen LogP contribution in [0.3, 0.4) is 0 Å². The molecule has 13 heavy (non-hydrogen) atoms. The number of rotatable bonds is 3. The highest BCUT2D eigenvalue weighted by Crippen LogP contribution is 2.27. The molecule has 1 radical (unpaired) electrons. The van der Waals surface area contributed by atoms with Gasteiger partial charge in [0.05, 0.1) is 0 Å². The highest BCUT2D eigenvalue weighted by Gasteiger charge is 2.16. The molecule has 0 atom stereocenters. The summed E-state index contributed by atoms with van der Waals surface area (Å²) in [6.45, 7) is 6.24. The van der Waals surface area contributed by atoms with Gasteiger partial charge in [-0.25, -0.2) is 0 Å². The van der Waals surface area contributed by atoms with Crippen LogP contribution < -0.4 is 4.90 Å². The first kappa shape index (κ1) is 8.61. The average molecular weight is 174 g/mol. The van der Waals surface area contributed by atoms with Crippen molar-refractivity contribution in [2.24, 2.45) is 0 Å². The zero-order chi connectivity index (χ0) is 9.10. The van der Waals surface area contributed by atoms with E-state index in [1.165, 1.54) is 37.2 Å². The Bertz CT molecular complexity index is 280. The molecule has 0 amide bonds. The van der Waals surface area contributed by atoms with Crippen LogP contribution in [0.1, 0.15) is 18.4 Å². The van der Waals surface area contributed by atoms with Crippen LogP contribution in [-0.2, 0) is 6.42 Å². The largest absolute Gasteiger partial charge is 0.371 e. The second-order valence-electron chi connectivity index (χ2n) is 3.57. The van der Waals surface area contributed by atoms with Gasteiger partial charge >= 0.3 is 0 Å². The molecule has 0 fully saturated rings. The summed E-state index contributed by atoms with van der Waals surface area (Å²) < 4.78 is 0. The highest BCUT2D eigenvalue weighted by molar-refractivity contribution is 5.57. The SMILES string of the molecule is [CH2]CCCN1CCc2ccccc21. The van der Waals surface area contributed by atoms with Crippen molar-refractivity contribution in [3.8, 4) is 0 Å². The van der Waals surface area contributed by atoms with Gasteiger partial charge in [-0.05, 0) is 24.5 Å². The monoisotopic (exact) mass is 174 g/mol. The van der Waals surface area contributed by atoms with E-state index in [0.29, 0.717) is 0 Å². The number of hydrogen-bond acceptors (Lipinski definition) is 1. The summed E-state index contributed by atoms with van der Waals surface area (Å²) in [6.07, 6.45) is 3.46. The molecular weight excluding hydrogens is 158 g/mol. The molecule has 1 aromatic rings. The number of unbranched alkanes of at least 4 members (excludes halogenated alkanes) is 1. The van der Waals surface area contributed by atoms with Crippen LogP contribution in [0.5, 0.6) is 0 Å². The number of hydrogen-bond donors (Lipinski definition) is 0. The maximum absolute atomic E-state index is 3.88. The third-order valence-corrected chi connectivity index (χ3v) is 2.66. The van der Waals surface area contributed by atoms with E-state index < -0.39 is 0 Å². The first-order valence-electron chi connectivity index (χ1n) is 5.04. The molecule has 1 aromatic carbocycles. The Morgan fingerprint density at radius 3 is 3.00 bits per heavy atom. The lowest BCUT2D eigenvalue weighted by atomic mass is 10.2. The average Bonchev–Trinajstić information content (AvgIpc) is 2.58. The minimum absolute atomic E-state index is 1.04. The van der Waals surface area contributed by atoms with Gasteiger partial charge in [0.2, 0.25) is 0 Å². The molecule has 0 spiro atoms. The molecule has 0 aromatic heterocycles. The first-order chi connectivity index (χ1) is 6.42. The Morgan fingerprint density at radius 1 is 1.31 bits per heavy atom. The van der Waals surface area contributed by atoms with Crippen molar-refractivity contribution in [2.75, 3.05) is 18.0 Å². The standard InChI is InChI=1S/C12H16N/c1-2-3-9-13-10-8-11-6-4-5-7-12(11)13/h4-7H,1-3,8-10H2. The molecule has 0 saturated heterocycles. The van der Waals surface area contributed by atoms with E-state index in [4.69, 9.17) is 0 Å². The molecule has 0 unspecified atom stereocenters. The molecule has 1 heterocycles. The van der Waals surface area contributed by atoms with Crippen LogP contribution in [0.2, 0.25) is 0 Å². The molecule has 1 heteroatoms. The Morgan fingerprint density at radius 2 is 2.15 bits per heavy atom. The Kier molecular flexibility index (Phi) is 2.53. The van der Waals surface area contributed by atoms with E-state index in [2.05, 4.69) is 36.1 Å². The predicted molar refractivity (Wildman–Crippen MR) is 57.0 cm³/mol. The fourth-order valence-corrected chi connectivity index (χ4v) is 1.94. The van der Waals surface area contributed by atoms with Gasteiger partial charge in [-0.1, -0.05) is 31.5 Å². The molecule has 0 bridgehead atoms. The third-order valence-electron chi connectivity index (χ3n) is 2.66. The summed E-state index contributed by atoms with van der Waals surface area (Å²) in [6, 6.07) is 8.72. The van der Waals surface area contributed by atoms with Crippen molar-refractivity contribution in [3.63, 3.8) is 0 Å². The van der Waals surface area contributed by atoms with E-state index in [-0.39, 0.29) is 0 Å². The summed E-state index contributed by atoms with van der Waals surface area (Å²) in [5, 5.41) is 0. The topological polar surface area (TPSA) is 3.24 Å². The number of para-hydroxylation sites is 1. The fourth-order valence-electron chi connectivity index (χ4n) is 1.94. The van der Waals surface area contributed by atoms with Gasteiger partial charge in [0, 0.05) is 18.8 Å². The molecule has 2 rings (SSSR count). The number of fused-ring (bicyclic) bond motifs is 1. The molecule has 69 valence electrons. The number of anilines is 1. The van der Waals surface area contributed by atoms with Gasteiger partial charge in [0.25, 0.3) is 0 Å². The van der Waals surface area contributed by atoms with Gasteiger partial charge < -0.3 is 4.90 Å². The van der Waals surface area contributed by atoms with Crippen molar-refractivity contribution in [3.05, 3.63) is 36.8 Å². The predicted octanol–water partition coefficient (Wildman–Crippen LogP) is 2.66. The number of benzene rings is 1. The van der Waals surface area contributed by atoms with Crippen molar-refractivity contribution in [1.82, 2.24) is 0 Å². The summed E-state index contributed by atoms with van der Waals surface area (Å²) in [7, 11) is 0. The van der Waals surface area contributed by atoms with Gasteiger partial charge in [0.15, 0.2) is 0 Å². The van der Waals surface area contributed by atoms with E-state index in [1.54, 1.807) is 0 Å². The first-order valence-corrected chi connectivity index (χ1v) is 5.04. The minimum Gasteiger partial charge on any atom is -0.371 e. The molecule has 0 aliphatic carbocycles. The quantitative estimate of drug-likeness (QED) is 0.681. The number of nitrogens with zero attached hydrogens (tertiary/aromatic N) is 1. The Hall–Kier alpha value is -0.980. The normalized spacial score (nSPS) is 14.7. The lowest BCUT2D eigenvalue weighted by Crippen LogP contribution is -2.21. The lowest BCUT2D eigenvalue weighted by molar-refractivity contribution is 0.760. The summed E-state index contributed by atoms with van der Waals surface area (Å²) in [5.74, 6) is 0. The molecule has 1 aliphatic rings. The zero-order valence-electron chi connectivity index (χ0n) is 8.00. The van der Waals surface area contributed by atoms with Crippen LogP contribution in [0.4, 0.5) is 5.69 Å². The maximum Gasteiger partial charge on any atom is 0.0399 e. The molecule has 0 N–H and O–H groups in total.